The maximum atomic E-state index is 13.5. The summed E-state index contributed by atoms with van der Waals surface area (Å²) in [5.41, 5.74) is 5.29. The van der Waals surface area contributed by atoms with Crippen molar-refractivity contribution in [3.63, 3.8) is 0 Å². The van der Waals surface area contributed by atoms with Crippen LogP contribution >= 0.6 is 0 Å². The van der Waals surface area contributed by atoms with Gasteiger partial charge in [-0.2, -0.15) is 0 Å². The molecule has 2 fully saturated rings. The molecular weight excluding hydrogens is 482 g/mol. The highest BCUT2D eigenvalue weighted by Crippen LogP contribution is 2.45. The maximum Gasteiger partial charge on any atom is 0.410 e. The molecule has 2 saturated heterocycles. The molecule has 3 aliphatic rings. The first-order valence-electron chi connectivity index (χ1n) is 13.1. The monoisotopic (exact) mass is 513 g/mol. The van der Waals surface area contributed by atoms with Crippen LogP contribution in [0.3, 0.4) is 0 Å². The van der Waals surface area contributed by atoms with Crippen molar-refractivity contribution in [2.24, 2.45) is 5.92 Å². The molecule has 1 aliphatic carbocycles. The lowest BCUT2D eigenvalue weighted by Crippen LogP contribution is -2.60. The van der Waals surface area contributed by atoms with Gasteiger partial charge in [0, 0.05) is 17.9 Å². The molecule has 2 unspecified atom stereocenters. The van der Waals surface area contributed by atoms with Gasteiger partial charge in [-0.1, -0.05) is 48.5 Å². The minimum Gasteiger partial charge on any atom is -0.497 e. The fourth-order valence-corrected chi connectivity index (χ4v) is 6.32. The van der Waals surface area contributed by atoms with E-state index in [2.05, 4.69) is 24.3 Å². The molecule has 2 heterocycles. The molecule has 0 aromatic heterocycles. The number of methoxy groups -OCH3 is 2. The third-order valence-corrected chi connectivity index (χ3v) is 8.11. The molecule has 3 aromatic rings. The Bertz CT molecular complexity index is 1310. The molecule has 0 saturated carbocycles. The Balaban J connectivity index is 1.16. The van der Waals surface area contributed by atoms with E-state index in [-0.39, 0.29) is 42.4 Å². The Kier molecular flexibility index (Phi) is 6.54. The summed E-state index contributed by atoms with van der Waals surface area (Å²) in [6.45, 7) is 1.06. The standard InChI is InChI=1S/C31H31NO6/c1-35-22-11-12-27(29(15-22)36-2)30(33)19-13-20-16-37-17-21(14-19)32(20)31(34)38-18-28-25-9-5-3-7-23(25)24-8-4-6-10-26(24)28/h3-12,15,19-21,28H,13-14,16-18H2,1-2H3. The number of Topliss-reactive ketones (excluding diaryl/α,β-unsaturated/α-hetero) is 1. The number of ketones is 1. The number of carbonyl (C=O) groups excluding carboxylic acids is 2. The summed E-state index contributed by atoms with van der Waals surface area (Å²) < 4.78 is 22.5. The van der Waals surface area contributed by atoms with Crippen molar-refractivity contribution in [1.82, 2.24) is 4.90 Å². The molecule has 2 atom stereocenters. The van der Waals surface area contributed by atoms with E-state index in [1.54, 1.807) is 32.4 Å². The second-order valence-corrected chi connectivity index (χ2v) is 10.2. The molecular formula is C31H31NO6. The van der Waals surface area contributed by atoms with E-state index in [9.17, 15) is 9.59 Å². The Morgan fingerprint density at radius 3 is 2.11 bits per heavy atom. The number of hydrogen-bond donors (Lipinski definition) is 0. The number of hydrogen-bond acceptors (Lipinski definition) is 6. The molecule has 0 radical (unpaired) electrons. The van der Waals surface area contributed by atoms with Crippen LogP contribution in [0.1, 0.15) is 40.2 Å². The van der Waals surface area contributed by atoms with E-state index >= 15 is 0 Å². The third-order valence-electron chi connectivity index (χ3n) is 8.11. The van der Waals surface area contributed by atoms with Gasteiger partial charge in [-0.15, -0.1) is 0 Å². The number of nitrogens with zero attached hydrogens (tertiary/aromatic N) is 1. The van der Waals surface area contributed by atoms with Crippen LogP contribution in [-0.2, 0) is 9.47 Å². The van der Waals surface area contributed by atoms with E-state index < -0.39 is 0 Å². The Hall–Kier alpha value is -3.84. The number of benzene rings is 3. The average Bonchev–Trinajstić information content (AvgIpc) is 3.28. The van der Waals surface area contributed by atoms with Crippen molar-refractivity contribution in [1.29, 1.82) is 0 Å². The van der Waals surface area contributed by atoms with Crippen molar-refractivity contribution >= 4 is 11.9 Å². The average molecular weight is 514 g/mol. The van der Waals surface area contributed by atoms with Gasteiger partial charge in [-0.05, 0) is 47.2 Å². The van der Waals surface area contributed by atoms with Crippen LogP contribution in [0.2, 0.25) is 0 Å². The first-order chi connectivity index (χ1) is 18.6. The normalized spacial score (nSPS) is 21.8. The van der Waals surface area contributed by atoms with Gasteiger partial charge in [0.05, 0.1) is 45.1 Å². The fourth-order valence-electron chi connectivity index (χ4n) is 6.32. The lowest BCUT2D eigenvalue weighted by molar-refractivity contribution is -0.0748. The first-order valence-corrected chi connectivity index (χ1v) is 13.1. The van der Waals surface area contributed by atoms with Gasteiger partial charge in [0.2, 0.25) is 0 Å². The number of carbonyl (C=O) groups is 2. The molecule has 1 amide bonds. The minimum atomic E-state index is -0.335. The number of fused-ring (bicyclic) bond motifs is 5. The second kappa shape index (κ2) is 10.1. The molecule has 196 valence electrons. The van der Waals surface area contributed by atoms with Crippen LogP contribution in [0.5, 0.6) is 11.5 Å². The third kappa shape index (κ3) is 4.21. The molecule has 0 spiro atoms. The largest absolute Gasteiger partial charge is 0.497 e. The quantitative estimate of drug-likeness (QED) is 0.416. The van der Waals surface area contributed by atoms with E-state index in [0.717, 1.165) is 0 Å². The van der Waals surface area contributed by atoms with Crippen molar-refractivity contribution in [3.8, 4) is 22.6 Å². The zero-order valence-corrected chi connectivity index (χ0v) is 21.6. The van der Waals surface area contributed by atoms with E-state index in [1.807, 2.05) is 29.2 Å². The molecule has 38 heavy (non-hydrogen) atoms. The summed E-state index contributed by atoms with van der Waals surface area (Å²) in [7, 11) is 3.13. The van der Waals surface area contributed by atoms with E-state index in [4.69, 9.17) is 18.9 Å². The molecule has 3 aromatic carbocycles. The summed E-state index contributed by atoms with van der Waals surface area (Å²) in [5.74, 6) is 0.926. The summed E-state index contributed by atoms with van der Waals surface area (Å²) in [6.07, 6.45) is 0.710. The van der Waals surface area contributed by atoms with Crippen LogP contribution in [-0.4, -0.2) is 62.9 Å². The number of piperidine rings is 1. The van der Waals surface area contributed by atoms with Gasteiger partial charge in [0.15, 0.2) is 5.78 Å². The lowest BCUT2D eigenvalue weighted by Gasteiger charge is -2.47. The lowest BCUT2D eigenvalue weighted by atomic mass is 9.80. The van der Waals surface area contributed by atoms with Crippen molar-refractivity contribution in [2.45, 2.75) is 30.8 Å². The zero-order chi connectivity index (χ0) is 26.2. The zero-order valence-electron chi connectivity index (χ0n) is 21.6. The minimum absolute atomic E-state index is 0.00379. The molecule has 0 N–H and O–H groups in total. The maximum absolute atomic E-state index is 13.5. The van der Waals surface area contributed by atoms with Gasteiger partial charge < -0.3 is 18.9 Å². The number of ether oxygens (including phenoxy) is 4. The second-order valence-electron chi connectivity index (χ2n) is 10.2. The first kappa shape index (κ1) is 24.5. The van der Waals surface area contributed by atoms with Crippen molar-refractivity contribution < 1.29 is 28.5 Å². The van der Waals surface area contributed by atoms with Gasteiger partial charge >= 0.3 is 6.09 Å². The summed E-state index contributed by atoms with van der Waals surface area (Å²) in [5, 5.41) is 0. The highest BCUT2D eigenvalue weighted by molar-refractivity contribution is 6.00. The van der Waals surface area contributed by atoms with Crippen LogP contribution in [0.4, 0.5) is 4.79 Å². The number of amides is 1. The van der Waals surface area contributed by atoms with E-state index in [1.165, 1.54) is 22.3 Å². The Morgan fingerprint density at radius 2 is 1.50 bits per heavy atom. The Labute approximate surface area is 222 Å². The molecule has 6 rings (SSSR count). The molecule has 7 nitrogen and oxygen atoms in total. The van der Waals surface area contributed by atoms with Gasteiger partial charge in [0.1, 0.15) is 18.1 Å². The van der Waals surface area contributed by atoms with Crippen molar-refractivity contribution in [2.75, 3.05) is 34.0 Å². The topological polar surface area (TPSA) is 74.3 Å². The Morgan fingerprint density at radius 1 is 0.868 bits per heavy atom. The molecule has 7 heteroatoms. The van der Waals surface area contributed by atoms with Gasteiger partial charge in [0.25, 0.3) is 0 Å². The highest BCUT2D eigenvalue weighted by Gasteiger charge is 2.45. The highest BCUT2D eigenvalue weighted by atomic mass is 16.6. The molecule has 2 bridgehead atoms. The summed E-state index contributed by atoms with van der Waals surface area (Å²) in [6, 6.07) is 21.4. The number of morpholine rings is 1. The van der Waals surface area contributed by atoms with Gasteiger partial charge in [-0.3, -0.25) is 9.69 Å². The van der Waals surface area contributed by atoms with Crippen molar-refractivity contribution in [3.05, 3.63) is 83.4 Å². The SMILES string of the molecule is COc1ccc(C(=O)C2CC3COCC(C2)N3C(=O)OCC2c3ccccc3-c3ccccc32)c(OC)c1. The smallest absolute Gasteiger partial charge is 0.410 e. The van der Waals surface area contributed by atoms with E-state index in [0.29, 0.717) is 43.1 Å². The van der Waals surface area contributed by atoms with Crippen LogP contribution < -0.4 is 9.47 Å². The predicted molar refractivity (Wildman–Crippen MR) is 142 cm³/mol. The van der Waals surface area contributed by atoms with Gasteiger partial charge in [-0.25, -0.2) is 4.79 Å². The van der Waals surface area contributed by atoms with Crippen LogP contribution in [0.25, 0.3) is 11.1 Å². The summed E-state index contributed by atoms with van der Waals surface area (Å²) in [4.78, 5) is 28.8. The number of rotatable bonds is 6. The van der Waals surface area contributed by atoms with Crippen LogP contribution in [0, 0.1) is 5.92 Å². The van der Waals surface area contributed by atoms with Crippen LogP contribution in [0.15, 0.2) is 66.7 Å². The summed E-state index contributed by atoms with van der Waals surface area (Å²) >= 11 is 0. The fraction of sp³-hybridized carbons (Fsp3) is 0.355. The molecule has 2 aliphatic heterocycles. The predicted octanol–water partition coefficient (Wildman–Crippen LogP) is 5.32.